The number of anilines is 2. The van der Waals surface area contributed by atoms with E-state index in [9.17, 15) is 22.8 Å². The summed E-state index contributed by atoms with van der Waals surface area (Å²) in [6, 6.07) is -0.702. The van der Waals surface area contributed by atoms with Gasteiger partial charge < -0.3 is 14.8 Å². The van der Waals surface area contributed by atoms with Gasteiger partial charge in [0.25, 0.3) is 0 Å². The van der Waals surface area contributed by atoms with Gasteiger partial charge in [-0.1, -0.05) is 0 Å². The third-order valence-corrected chi connectivity index (χ3v) is 3.78. The molecular weight excluding hydrogens is 405 g/mol. The number of carbonyl (C=O) groups is 2. The summed E-state index contributed by atoms with van der Waals surface area (Å²) in [6.07, 6.45) is -4.75. The fraction of sp³-hybridized carbons (Fsp3) is 0.684. The molecule has 1 aromatic rings. The zero-order valence-electron chi connectivity index (χ0n) is 17.8. The third-order valence-electron chi connectivity index (χ3n) is 3.78. The summed E-state index contributed by atoms with van der Waals surface area (Å²) in [6.45, 7) is 9.64. The first-order valence-electron chi connectivity index (χ1n) is 9.48. The monoisotopic (exact) mass is 432 g/mol. The van der Waals surface area contributed by atoms with Crippen LogP contribution in [0, 0.1) is 5.92 Å². The molecule has 0 bridgehead atoms. The summed E-state index contributed by atoms with van der Waals surface area (Å²) < 4.78 is 50.4. The maximum atomic E-state index is 13.3. The number of alkyl halides is 3. The lowest BCUT2D eigenvalue weighted by atomic mass is 10.2. The largest absolute Gasteiger partial charge is 0.443 e. The molecule has 1 atom stereocenters. The highest BCUT2D eigenvalue weighted by atomic mass is 19.4. The van der Waals surface area contributed by atoms with Crippen LogP contribution in [0.1, 0.15) is 54.4 Å². The highest BCUT2D eigenvalue weighted by Crippen LogP contribution is 2.41. The van der Waals surface area contributed by atoms with Gasteiger partial charge in [-0.2, -0.15) is 18.1 Å². The lowest BCUT2D eigenvalue weighted by molar-refractivity contribution is -0.146. The van der Waals surface area contributed by atoms with Crippen LogP contribution in [-0.4, -0.2) is 45.6 Å². The number of rotatable bonds is 4. The topological polar surface area (TPSA) is 93.7 Å². The van der Waals surface area contributed by atoms with E-state index in [1.54, 1.807) is 41.5 Å². The second kappa shape index (κ2) is 8.27. The number of aromatic nitrogens is 2. The predicted octanol–water partition coefficient (Wildman–Crippen LogP) is 4.91. The molecule has 0 spiro atoms. The van der Waals surface area contributed by atoms with E-state index >= 15 is 0 Å². The lowest BCUT2D eigenvalue weighted by Gasteiger charge is -2.28. The van der Waals surface area contributed by atoms with Crippen molar-refractivity contribution in [2.24, 2.45) is 5.92 Å². The number of ether oxygens (including phenoxy) is 2. The molecule has 1 fully saturated rings. The average Bonchev–Trinajstić information content (AvgIpc) is 3.33. The van der Waals surface area contributed by atoms with E-state index in [1.165, 1.54) is 0 Å². The van der Waals surface area contributed by atoms with Gasteiger partial charge in [0.2, 0.25) is 0 Å². The van der Waals surface area contributed by atoms with Crippen molar-refractivity contribution in [1.82, 2.24) is 9.97 Å². The summed E-state index contributed by atoms with van der Waals surface area (Å²) in [5.41, 5.74) is -1.86. The van der Waals surface area contributed by atoms with Crippen molar-refractivity contribution in [3.63, 3.8) is 0 Å². The molecule has 168 valence electrons. The fourth-order valence-corrected chi connectivity index (χ4v) is 2.48. The molecule has 1 aliphatic carbocycles. The molecule has 0 aromatic carbocycles. The number of nitrogens with zero attached hydrogens (tertiary/aromatic N) is 3. The standard InChI is InChI=1S/C19H27F3N4O4/c1-17(2,3)29-15(27)26(16(28)30-18(4,5)6)13-9-12(23-10-24-13)25-14(11-7-8-11)19(20,21)22/h9-11,14H,7-8H2,1-6H3,(H,23,24,25). The van der Waals surface area contributed by atoms with E-state index in [1.807, 2.05) is 0 Å². The summed E-state index contributed by atoms with van der Waals surface area (Å²) in [5.74, 6) is -0.990. The van der Waals surface area contributed by atoms with E-state index in [2.05, 4.69) is 15.3 Å². The van der Waals surface area contributed by atoms with E-state index in [-0.39, 0.29) is 11.6 Å². The van der Waals surface area contributed by atoms with Crippen molar-refractivity contribution in [2.45, 2.75) is 77.8 Å². The quantitative estimate of drug-likeness (QED) is 0.723. The Hall–Kier alpha value is -2.59. The highest BCUT2D eigenvalue weighted by Gasteiger charge is 2.49. The Morgan fingerprint density at radius 1 is 1.03 bits per heavy atom. The number of amides is 2. The maximum absolute atomic E-state index is 13.3. The van der Waals surface area contributed by atoms with Crippen LogP contribution in [-0.2, 0) is 9.47 Å². The van der Waals surface area contributed by atoms with E-state index in [4.69, 9.17) is 9.47 Å². The molecule has 1 N–H and O–H groups in total. The Morgan fingerprint density at radius 3 is 1.93 bits per heavy atom. The number of hydrogen-bond donors (Lipinski definition) is 1. The van der Waals surface area contributed by atoms with Crippen LogP contribution in [0.25, 0.3) is 0 Å². The predicted molar refractivity (Wildman–Crippen MR) is 103 cm³/mol. The highest BCUT2D eigenvalue weighted by molar-refractivity contribution is 6.08. The summed E-state index contributed by atoms with van der Waals surface area (Å²) >= 11 is 0. The smallest absolute Gasteiger partial charge is 0.425 e. The van der Waals surface area contributed by atoms with Gasteiger partial charge in [0.05, 0.1) is 0 Å². The molecular formula is C19H27F3N4O4. The van der Waals surface area contributed by atoms with Gasteiger partial charge in [-0.15, -0.1) is 0 Å². The molecule has 2 amide bonds. The van der Waals surface area contributed by atoms with Crippen LogP contribution < -0.4 is 10.2 Å². The minimum atomic E-state index is -4.47. The summed E-state index contributed by atoms with van der Waals surface area (Å²) in [4.78, 5) is 33.5. The summed E-state index contributed by atoms with van der Waals surface area (Å²) in [7, 11) is 0. The zero-order valence-corrected chi connectivity index (χ0v) is 17.8. The van der Waals surface area contributed by atoms with Crippen molar-refractivity contribution in [1.29, 1.82) is 0 Å². The minimum absolute atomic E-state index is 0.175. The molecule has 1 aromatic heterocycles. The molecule has 2 rings (SSSR count). The van der Waals surface area contributed by atoms with E-state index in [0.29, 0.717) is 17.7 Å². The number of carbonyl (C=O) groups excluding carboxylic acids is 2. The molecule has 1 aliphatic rings. The molecule has 11 heteroatoms. The second-order valence-electron chi connectivity index (χ2n) is 9.06. The van der Waals surface area contributed by atoms with Crippen LogP contribution in [0.4, 0.5) is 34.4 Å². The van der Waals surface area contributed by atoms with E-state index in [0.717, 1.165) is 12.4 Å². The van der Waals surface area contributed by atoms with Gasteiger partial charge in [0, 0.05) is 6.07 Å². The molecule has 8 nitrogen and oxygen atoms in total. The number of halogens is 3. The van der Waals surface area contributed by atoms with Crippen LogP contribution in [0.15, 0.2) is 12.4 Å². The molecule has 1 heterocycles. The third kappa shape index (κ3) is 7.03. The first-order valence-corrected chi connectivity index (χ1v) is 9.48. The second-order valence-corrected chi connectivity index (χ2v) is 9.06. The number of nitrogens with one attached hydrogen (secondary N) is 1. The number of hydrogen-bond acceptors (Lipinski definition) is 7. The van der Waals surface area contributed by atoms with Crippen LogP contribution >= 0.6 is 0 Å². The Morgan fingerprint density at radius 2 is 1.53 bits per heavy atom. The maximum Gasteiger partial charge on any atom is 0.425 e. The Balaban J connectivity index is 2.34. The normalized spacial score (nSPS) is 15.9. The van der Waals surface area contributed by atoms with Crippen molar-refractivity contribution in [3.05, 3.63) is 12.4 Å². The number of imide groups is 1. The Bertz CT molecular complexity index is 755. The molecule has 1 unspecified atom stereocenters. The van der Waals surface area contributed by atoms with Crippen molar-refractivity contribution in [2.75, 3.05) is 10.2 Å². The van der Waals surface area contributed by atoms with Crippen LogP contribution in [0.2, 0.25) is 0 Å². The Labute approximate surface area is 173 Å². The van der Waals surface area contributed by atoms with Crippen molar-refractivity contribution < 1.29 is 32.2 Å². The fourth-order valence-electron chi connectivity index (χ4n) is 2.48. The SMILES string of the molecule is CC(C)(C)OC(=O)N(C(=O)OC(C)(C)C)c1cc(NC(C2CC2)C(F)(F)F)ncn1. The zero-order chi connectivity index (χ0) is 22.9. The van der Waals surface area contributed by atoms with Crippen LogP contribution in [0.3, 0.4) is 0 Å². The van der Waals surface area contributed by atoms with Gasteiger partial charge in [-0.05, 0) is 60.3 Å². The van der Waals surface area contributed by atoms with Crippen LogP contribution in [0.5, 0.6) is 0 Å². The van der Waals surface area contributed by atoms with Gasteiger partial charge in [-0.3, -0.25) is 0 Å². The lowest BCUT2D eigenvalue weighted by Crippen LogP contribution is -2.44. The van der Waals surface area contributed by atoms with Crippen molar-refractivity contribution >= 4 is 23.8 Å². The molecule has 1 saturated carbocycles. The van der Waals surface area contributed by atoms with Gasteiger partial charge in [-0.25, -0.2) is 19.6 Å². The molecule has 0 saturated heterocycles. The minimum Gasteiger partial charge on any atom is -0.443 e. The summed E-state index contributed by atoms with van der Waals surface area (Å²) in [5, 5.41) is 2.34. The van der Waals surface area contributed by atoms with Gasteiger partial charge in [0.1, 0.15) is 29.4 Å². The van der Waals surface area contributed by atoms with E-state index < -0.39 is 41.5 Å². The average molecular weight is 432 g/mol. The molecule has 0 aliphatic heterocycles. The molecule has 30 heavy (non-hydrogen) atoms. The van der Waals surface area contributed by atoms with Gasteiger partial charge >= 0.3 is 18.4 Å². The molecule has 0 radical (unpaired) electrons. The van der Waals surface area contributed by atoms with Crippen molar-refractivity contribution in [3.8, 4) is 0 Å². The first-order chi connectivity index (χ1) is 13.6. The Kier molecular flexibility index (Phi) is 6.53. The van der Waals surface area contributed by atoms with Gasteiger partial charge in [0.15, 0.2) is 5.82 Å². The first kappa shape index (κ1) is 23.7.